The van der Waals surface area contributed by atoms with Crippen LogP contribution in [0.15, 0.2) is 12.1 Å². The molecular weight excluding hydrogens is 251 g/mol. The summed E-state index contributed by atoms with van der Waals surface area (Å²) in [4.78, 5) is 1.94. The van der Waals surface area contributed by atoms with Gasteiger partial charge in [-0.3, -0.25) is 4.21 Å². The van der Waals surface area contributed by atoms with Crippen molar-refractivity contribution >= 4 is 33.8 Å². The molecule has 2 rings (SSSR count). The Morgan fingerprint density at radius 2 is 2.00 bits per heavy atom. The molecule has 0 unspecified atom stereocenters. The number of nitrogens with zero attached hydrogens (tertiary/aromatic N) is 1. The number of hydrogen-bond donors (Lipinski definition) is 1. The van der Waals surface area contributed by atoms with Gasteiger partial charge in [-0.25, -0.2) is 4.39 Å². The third kappa shape index (κ3) is 2.30. The molecule has 1 fully saturated rings. The minimum absolute atomic E-state index is 0.0295. The van der Waals surface area contributed by atoms with Crippen LogP contribution in [-0.4, -0.2) is 28.8 Å². The topological polar surface area (TPSA) is 46.3 Å². The van der Waals surface area contributed by atoms with E-state index < -0.39 is 16.6 Å². The first-order valence-electron chi connectivity index (χ1n) is 4.92. The molecule has 1 aromatic carbocycles. The van der Waals surface area contributed by atoms with E-state index >= 15 is 0 Å². The minimum atomic E-state index is -0.753. The lowest BCUT2D eigenvalue weighted by Gasteiger charge is -2.29. The van der Waals surface area contributed by atoms with Gasteiger partial charge in [-0.15, -0.1) is 0 Å². The normalized spacial score (nSPS) is 17.8. The van der Waals surface area contributed by atoms with E-state index in [1.165, 1.54) is 12.1 Å². The summed E-state index contributed by atoms with van der Waals surface area (Å²) in [7, 11) is -0.753. The van der Waals surface area contributed by atoms with Gasteiger partial charge < -0.3 is 10.6 Å². The number of halogens is 2. The Labute approximate surface area is 101 Å². The summed E-state index contributed by atoms with van der Waals surface area (Å²) >= 11 is 5.63. The highest BCUT2D eigenvalue weighted by Crippen LogP contribution is 2.29. The van der Waals surface area contributed by atoms with Crippen LogP contribution in [0.1, 0.15) is 0 Å². The summed E-state index contributed by atoms with van der Waals surface area (Å²) in [6, 6.07) is 2.75. The molecule has 1 saturated heterocycles. The second-order valence-electron chi connectivity index (χ2n) is 3.66. The maximum Gasteiger partial charge on any atom is 0.144 e. The predicted molar refractivity (Wildman–Crippen MR) is 65.9 cm³/mol. The van der Waals surface area contributed by atoms with Gasteiger partial charge in [0.05, 0.1) is 16.4 Å². The van der Waals surface area contributed by atoms with Crippen LogP contribution in [0.5, 0.6) is 0 Å². The summed E-state index contributed by atoms with van der Waals surface area (Å²) in [6.45, 7) is 1.27. The van der Waals surface area contributed by atoms with Crippen molar-refractivity contribution in [3.05, 3.63) is 23.0 Å². The smallest absolute Gasteiger partial charge is 0.144 e. The summed E-state index contributed by atoms with van der Waals surface area (Å²) < 4.78 is 24.5. The van der Waals surface area contributed by atoms with Gasteiger partial charge in [0, 0.05) is 41.5 Å². The Balaban J connectivity index is 2.26. The zero-order valence-electron chi connectivity index (χ0n) is 8.58. The largest absolute Gasteiger partial charge is 0.397 e. The standard InChI is InChI=1S/C10H12ClFN2OS/c11-7-5-9(13)10(6-8(7)12)14-1-3-16(15)4-2-14/h5-6H,1-4,13H2. The Hall–Kier alpha value is -0.810. The van der Waals surface area contributed by atoms with E-state index in [1.807, 2.05) is 4.90 Å². The number of rotatable bonds is 1. The van der Waals surface area contributed by atoms with Crippen molar-refractivity contribution in [2.45, 2.75) is 0 Å². The van der Waals surface area contributed by atoms with Gasteiger partial charge >= 0.3 is 0 Å². The van der Waals surface area contributed by atoms with Gasteiger partial charge in [-0.1, -0.05) is 11.6 Å². The van der Waals surface area contributed by atoms with Crippen LogP contribution in [0, 0.1) is 5.82 Å². The number of benzene rings is 1. The zero-order chi connectivity index (χ0) is 11.7. The molecule has 6 heteroatoms. The molecule has 3 nitrogen and oxygen atoms in total. The number of nitrogen functional groups attached to an aromatic ring is 1. The highest BCUT2D eigenvalue weighted by Gasteiger charge is 2.18. The Morgan fingerprint density at radius 1 is 1.38 bits per heavy atom. The third-order valence-electron chi connectivity index (χ3n) is 2.59. The molecule has 0 radical (unpaired) electrons. The molecule has 0 saturated carbocycles. The molecule has 0 aliphatic carbocycles. The SMILES string of the molecule is Nc1cc(Cl)c(F)cc1N1CCS(=O)CC1. The van der Waals surface area contributed by atoms with Crippen LogP contribution in [0.3, 0.4) is 0 Å². The van der Waals surface area contributed by atoms with Gasteiger partial charge in [-0.2, -0.15) is 0 Å². The number of nitrogens with two attached hydrogens (primary N) is 1. The molecule has 0 amide bonds. The summed E-state index contributed by atoms with van der Waals surface area (Å²) in [5.74, 6) is 0.727. The van der Waals surface area contributed by atoms with E-state index in [1.54, 1.807) is 0 Å². The van der Waals surface area contributed by atoms with Crippen LogP contribution >= 0.6 is 11.6 Å². The molecule has 2 N–H and O–H groups in total. The molecule has 1 heterocycles. The molecular formula is C10H12ClFN2OS. The van der Waals surface area contributed by atoms with Crippen molar-refractivity contribution in [1.29, 1.82) is 0 Å². The first-order chi connectivity index (χ1) is 7.58. The number of anilines is 2. The maximum atomic E-state index is 13.3. The fourth-order valence-electron chi connectivity index (χ4n) is 1.70. The number of hydrogen-bond acceptors (Lipinski definition) is 3. The minimum Gasteiger partial charge on any atom is -0.397 e. The summed E-state index contributed by atoms with van der Waals surface area (Å²) in [5, 5.41) is 0.0295. The Morgan fingerprint density at radius 3 is 2.62 bits per heavy atom. The van der Waals surface area contributed by atoms with Crippen molar-refractivity contribution in [1.82, 2.24) is 0 Å². The highest BCUT2D eigenvalue weighted by atomic mass is 35.5. The van der Waals surface area contributed by atoms with Crippen LogP contribution in [0.4, 0.5) is 15.8 Å². The molecule has 88 valence electrons. The van der Waals surface area contributed by atoms with Crippen molar-refractivity contribution in [2.75, 3.05) is 35.2 Å². The fourth-order valence-corrected chi connectivity index (χ4v) is 2.93. The van der Waals surface area contributed by atoms with E-state index in [0.717, 1.165) is 0 Å². The van der Waals surface area contributed by atoms with Crippen LogP contribution in [-0.2, 0) is 10.8 Å². The predicted octanol–water partition coefficient (Wildman–Crippen LogP) is 1.63. The van der Waals surface area contributed by atoms with E-state index in [0.29, 0.717) is 36.0 Å². The molecule has 1 aliphatic rings. The van der Waals surface area contributed by atoms with Gasteiger partial charge in [0.25, 0.3) is 0 Å². The van der Waals surface area contributed by atoms with Gasteiger partial charge in [-0.05, 0) is 6.07 Å². The van der Waals surface area contributed by atoms with Crippen molar-refractivity contribution < 1.29 is 8.60 Å². The van der Waals surface area contributed by atoms with E-state index in [9.17, 15) is 8.60 Å². The van der Waals surface area contributed by atoms with Crippen LogP contribution < -0.4 is 10.6 Å². The van der Waals surface area contributed by atoms with Gasteiger partial charge in [0.15, 0.2) is 0 Å². The molecule has 0 aromatic heterocycles. The molecule has 0 atom stereocenters. The fraction of sp³-hybridized carbons (Fsp3) is 0.400. The average molecular weight is 263 g/mol. The maximum absolute atomic E-state index is 13.3. The lowest BCUT2D eigenvalue weighted by atomic mass is 10.2. The van der Waals surface area contributed by atoms with Crippen LogP contribution in [0.25, 0.3) is 0 Å². The zero-order valence-corrected chi connectivity index (χ0v) is 10.2. The van der Waals surface area contributed by atoms with Crippen LogP contribution in [0.2, 0.25) is 5.02 Å². The monoisotopic (exact) mass is 262 g/mol. The Kier molecular flexibility index (Phi) is 3.35. The van der Waals surface area contributed by atoms with Crippen molar-refractivity contribution in [2.24, 2.45) is 0 Å². The first-order valence-corrected chi connectivity index (χ1v) is 6.79. The molecule has 16 heavy (non-hydrogen) atoms. The van der Waals surface area contributed by atoms with Gasteiger partial charge in [0.2, 0.25) is 0 Å². The van der Waals surface area contributed by atoms with Crippen molar-refractivity contribution in [3.8, 4) is 0 Å². The van der Waals surface area contributed by atoms with E-state index in [4.69, 9.17) is 17.3 Å². The Bertz CT molecular complexity index is 431. The second-order valence-corrected chi connectivity index (χ2v) is 5.76. The van der Waals surface area contributed by atoms with E-state index in [-0.39, 0.29) is 5.02 Å². The molecule has 1 aromatic rings. The van der Waals surface area contributed by atoms with E-state index in [2.05, 4.69) is 0 Å². The molecule has 0 bridgehead atoms. The quantitative estimate of drug-likeness (QED) is 0.783. The second kappa shape index (κ2) is 4.59. The third-order valence-corrected chi connectivity index (χ3v) is 4.15. The average Bonchev–Trinajstić information content (AvgIpc) is 2.25. The molecule has 1 aliphatic heterocycles. The summed E-state index contributed by atoms with van der Waals surface area (Å²) in [5.41, 5.74) is 6.88. The van der Waals surface area contributed by atoms with Gasteiger partial charge in [0.1, 0.15) is 5.82 Å². The molecule has 0 spiro atoms. The lowest BCUT2D eigenvalue weighted by Crippen LogP contribution is -2.38. The summed E-state index contributed by atoms with van der Waals surface area (Å²) in [6.07, 6.45) is 0. The van der Waals surface area contributed by atoms with Crippen molar-refractivity contribution in [3.63, 3.8) is 0 Å². The highest BCUT2D eigenvalue weighted by molar-refractivity contribution is 7.85. The lowest BCUT2D eigenvalue weighted by molar-refractivity contribution is 0.627. The first kappa shape index (κ1) is 11.7.